The Kier molecular flexibility index (Phi) is 7.77. The molecule has 1 aromatic heterocycles. The lowest BCUT2D eigenvalue weighted by atomic mass is 9.79. The van der Waals surface area contributed by atoms with Crippen LogP contribution in [0.5, 0.6) is 0 Å². The lowest BCUT2D eigenvalue weighted by Crippen LogP contribution is -2.55. The number of nitrogens with zero attached hydrogens (tertiary/aromatic N) is 1. The standard InChI is InChI=1S/C43H49NP/c1-8-11-12-15-33-21-20-31(6)41(25-33)45(40-24-29(4)18-19-30(40)5)36-22-23-38-37(27-36)39-26-34-16-13-14-17-35(34)28-44(39)43(10-3)32(7)42(38,43)9-2/h13-14,16-28,32H,8-12,15H2,1-7H3/q+1. The Morgan fingerprint density at radius 3 is 2.20 bits per heavy atom. The molecule has 4 aromatic carbocycles. The van der Waals surface area contributed by atoms with E-state index < -0.39 is 7.92 Å². The lowest BCUT2D eigenvalue weighted by molar-refractivity contribution is -0.737. The molecule has 4 atom stereocenters. The molecule has 0 N–H and O–H groups in total. The number of aryl methyl sites for hydroxylation is 4. The second kappa shape index (κ2) is 11.5. The Morgan fingerprint density at radius 1 is 0.733 bits per heavy atom. The quantitative estimate of drug-likeness (QED) is 0.0889. The van der Waals surface area contributed by atoms with E-state index in [0.29, 0.717) is 5.92 Å². The van der Waals surface area contributed by atoms with Crippen molar-refractivity contribution in [3.63, 3.8) is 0 Å². The highest BCUT2D eigenvalue weighted by Gasteiger charge is 2.82. The largest absolute Gasteiger partial charge is 0.213 e. The van der Waals surface area contributed by atoms with E-state index in [1.807, 2.05) is 0 Å². The fourth-order valence-electron chi connectivity index (χ4n) is 9.27. The molecule has 1 saturated carbocycles. The molecule has 2 heteroatoms. The fraction of sp³-hybridized carbons (Fsp3) is 0.372. The van der Waals surface area contributed by atoms with Crippen LogP contribution in [-0.4, -0.2) is 0 Å². The van der Waals surface area contributed by atoms with Gasteiger partial charge in [0.1, 0.15) is 0 Å². The molecule has 0 amide bonds. The Balaban J connectivity index is 1.48. The number of pyridine rings is 1. The van der Waals surface area contributed by atoms with E-state index in [0.717, 1.165) is 19.3 Å². The summed E-state index contributed by atoms with van der Waals surface area (Å²) in [6.07, 6.45) is 9.77. The number of benzene rings is 4. The van der Waals surface area contributed by atoms with E-state index in [-0.39, 0.29) is 11.0 Å². The Morgan fingerprint density at radius 2 is 1.47 bits per heavy atom. The van der Waals surface area contributed by atoms with Crippen molar-refractivity contribution in [2.75, 3.05) is 0 Å². The topological polar surface area (TPSA) is 3.88 Å². The van der Waals surface area contributed by atoms with Crippen LogP contribution in [0.1, 0.15) is 87.6 Å². The Labute approximate surface area is 272 Å². The number of aromatic nitrogens is 1. The van der Waals surface area contributed by atoms with Crippen molar-refractivity contribution in [2.24, 2.45) is 5.92 Å². The maximum Gasteiger partial charge on any atom is 0.213 e. The van der Waals surface area contributed by atoms with Gasteiger partial charge in [-0.05, 0) is 104 Å². The zero-order valence-corrected chi connectivity index (χ0v) is 29.3. The molecule has 0 spiro atoms. The normalized spacial score (nSPS) is 22.1. The van der Waals surface area contributed by atoms with Crippen molar-refractivity contribution in [2.45, 2.75) is 97.9 Å². The number of hydrogen-bond donors (Lipinski definition) is 0. The first-order valence-electron chi connectivity index (χ1n) is 17.4. The molecule has 1 fully saturated rings. The minimum atomic E-state index is -0.736. The highest BCUT2D eigenvalue weighted by molar-refractivity contribution is 7.80. The number of unbranched alkanes of at least 4 members (excludes halogenated alkanes) is 2. The molecule has 0 bridgehead atoms. The molecule has 0 radical (unpaired) electrons. The molecule has 230 valence electrons. The van der Waals surface area contributed by atoms with E-state index in [2.05, 4.69) is 144 Å². The second-order valence-electron chi connectivity index (χ2n) is 13.9. The predicted molar refractivity (Wildman–Crippen MR) is 195 cm³/mol. The van der Waals surface area contributed by atoms with Gasteiger partial charge in [-0.25, -0.2) is 0 Å². The minimum absolute atomic E-state index is 0.136. The molecule has 2 heterocycles. The zero-order valence-electron chi connectivity index (χ0n) is 28.4. The van der Waals surface area contributed by atoms with Crippen LogP contribution in [0.2, 0.25) is 0 Å². The molecule has 7 rings (SSSR count). The van der Waals surface area contributed by atoms with Gasteiger partial charge in [-0.1, -0.05) is 113 Å². The van der Waals surface area contributed by atoms with Crippen LogP contribution < -0.4 is 20.5 Å². The van der Waals surface area contributed by atoms with Gasteiger partial charge in [0.15, 0.2) is 11.7 Å². The molecule has 0 saturated heterocycles. The van der Waals surface area contributed by atoms with Gasteiger partial charge in [0, 0.05) is 23.8 Å². The van der Waals surface area contributed by atoms with Gasteiger partial charge in [-0.15, -0.1) is 0 Å². The summed E-state index contributed by atoms with van der Waals surface area (Å²) in [6.45, 7) is 16.5. The molecule has 1 aliphatic heterocycles. The van der Waals surface area contributed by atoms with Crippen molar-refractivity contribution >= 4 is 34.6 Å². The second-order valence-corrected chi connectivity index (χ2v) is 16.1. The predicted octanol–water partition coefficient (Wildman–Crippen LogP) is 9.63. The van der Waals surface area contributed by atoms with Crippen LogP contribution in [0.15, 0.2) is 91.1 Å². The smallest absolute Gasteiger partial charge is 0.191 e. The van der Waals surface area contributed by atoms with Gasteiger partial charge >= 0.3 is 0 Å². The summed E-state index contributed by atoms with van der Waals surface area (Å²) < 4.78 is 2.72. The highest BCUT2D eigenvalue weighted by Crippen LogP contribution is 2.71. The average molecular weight is 611 g/mol. The molecule has 4 unspecified atom stereocenters. The van der Waals surface area contributed by atoms with Gasteiger partial charge < -0.3 is 0 Å². The maximum absolute atomic E-state index is 2.72. The number of rotatable bonds is 9. The Hall–Kier alpha value is -3.28. The first-order valence-corrected chi connectivity index (χ1v) is 18.7. The molecule has 1 nitrogen and oxygen atoms in total. The van der Waals surface area contributed by atoms with Crippen molar-refractivity contribution in [1.29, 1.82) is 0 Å². The molecule has 2 aliphatic rings. The summed E-state index contributed by atoms with van der Waals surface area (Å²) in [5, 5.41) is 7.15. The lowest BCUT2D eigenvalue weighted by Gasteiger charge is -2.31. The van der Waals surface area contributed by atoms with Crippen molar-refractivity contribution in [1.82, 2.24) is 0 Å². The van der Waals surface area contributed by atoms with Crippen LogP contribution in [0, 0.1) is 26.7 Å². The summed E-state index contributed by atoms with van der Waals surface area (Å²) >= 11 is 0. The van der Waals surface area contributed by atoms with E-state index in [4.69, 9.17) is 0 Å². The zero-order chi connectivity index (χ0) is 31.5. The molecule has 1 aliphatic carbocycles. The summed E-state index contributed by atoms with van der Waals surface area (Å²) in [7, 11) is -0.736. The van der Waals surface area contributed by atoms with Crippen LogP contribution >= 0.6 is 7.92 Å². The van der Waals surface area contributed by atoms with E-state index in [1.54, 1.807) is 5.56 Å². The van der Waals surface area contributed by atoms with Crippen molar-refractivity contribution in [3.05, 3.63) is 119 Å². The van der Waals surface area contributed by atoms with E-state index in [1.165, 1.54) is 79.5 Å². The molecular weight excluding hydrogens is 561 g/mol. The highest BCUT2D eigenvalue weighted by atomic mass is 31.1. The summed E-state index contributed by atoms with van der Waals surface area (Å²) in [5.41, 5.74) is 10.3. The average Bonchev–Trinajstić information content (AvgIpc) is 3.62. The monoisotopic (exact) mass is 610 g/mol. The first kappa shape index (κ1) is 30.4. The Bertz CT molecular complexity index is 1920. The van der Waals surface area contributed by atoms with Crippen LogP contribution in [0.3, 0.4) is 0 Å². The van der Waals surface area contributed by atoms with E-state index in [9.17, 15) is 0 Å². The molecule has 5 aromatic rings. The van der Waals surface area contributed by atoms with Gasteiger partial charge in [-0.3, -0.25) is 0 Å². The minimum Gasteiger partial charge on any atom is -0.191 e. The third-order valence-electron chi connectivity index (χ3n) is 11.7. The van der Waals surface area contributed by atoms with Crippen LogP contribution in [0.4, 0.5) is 0 Å². The van der Waals surface area contributed by atoms with Gasteiger partial charge in [0.05, 0.1) is 11.0 Å². The first-order chi connectivity index (χ1) is 21.8. The molecular formula is C43H49NP+. The summed E-state index contributed by atoms with van der Waals surface area (Å²) in [4.78, 5) is 0. The third kappa shape index (κ3) is 4.48. The van der Waals surface area contributed by atoms with Crippen LogP contribution in [0.25, 0.3) is 22.0 Å². The molecule has 45 heavy (non-hydrogen) atoms. The van der Waals surface area contributed by atoms with Gasteiger partial charge in [0.25, 0.3) is 0 Å². The van der Waals surface area contributed by atoms with Crippen molar-refractivity contribution < 1.29 is 4.57 Å². The fourth-order valence-corrected chi connectivity index (χ4v) is 12.1. The SMILES string of the molecule is CCCCCc1ccc(C)c(P(c2ccc3c(c2)-c2cc4ccccc4c[n+]2C2(CC)C(C)C32CC)c2cc(C)ccc2C)c1. The van der Waals surface area contributed by atoms with E-state index >= 15 is 0 Å². The van der Waals surface area contributed by atoms with Gasteiger partial charge in [-0.2, -0.15) is 4.57 Å². The number of hydrogen-bond acceptors (Lipinski definition) is 0. The van der Waals surface area contributed by atoms with Gasteiger partial charge in [0.2, 0.25) is 5.69 Å². The van der Waals surface area contributed by atoms with Crippen LogP contribution in [-0.2, 0) is 17.4 Å². The third-order valence-corrected chi connectivity index (χ3v) is 14.4. The van der Waals surface area contributed by atoms with Crippen molar-refractivity contribution in [3.8, 4) is 11.3 Å². The summed E-state index contributed by atoms with van der Waals surface area (Å²) in [5.74, 6) is 0.597. The summed E-state index contributed by atoms with van der Waals surface area (Å²) in [6, 6.07) is 33.5. The maximum atomic E-state index is 2.72. The number of fused-ring (bicyclic) bond motifs is 7.